The van der Waals surface area contributed by atoms with Crippen LogP contribution < -0.4 is 5.32 Å². The zero-order valence-electron chi connectivity index (χ0n) is 16.8. The fraction of sp³-hybridized carbons (Fsp3) is 0.720. The number of ketones is 1. The molecule has 6 aliphatic rings. The molecule has 0 spiro atoms. The zero-order valence-corrected chi connectivity index (χ0v) is 16.8. The Hall–Kier alpha value is -1.22. The molecule has 0 aromatic heterocycles. The van der Waals surface area contributed by atoms with Gasteiger partial charge in [0.15, 0.2) is 0 Å². The van der Waals surface area contributed by atoms with E-state index in [-0.39, 0.29) is 22.9 Å². The Kier molecular flexibility index (Phi) is 3.72. The van der Waals surface area contributed by atoms with Crippen LogP contribution in [0.25, 0.3) is 0 Å². The van der Waals surface area contributed by atoms with Gasteiger partial charge in [-0.1, -0.05) is 30.3 Å². The number of piperidine rings is 1. The molecule has 5 saturated carbocycles. The monoisotopic (exact) mass is 381 g/mol. The van der Waals surface area contributed by atoms with Gasteiger partial charge >= 0.3 is 0 Å². The molecule has 150 valence electrons. The first-order chi connectivity index (χ1) is 13.5. The second-order valence-electron chi connectivity index (χ2n) is 11.3. The van der Waals surface area contributed by atoms with Gasteiger partial charge in [-0.05, 0) is 86.6 Å². The van der Waals surface area contributed by atoms with Gasteiger partial charge in [-0.15, -0.1) is 0 Å². The molecule has 1 N–H and O–H groups in total. The fourth-order valence-corrected chi connectivity index (χ4v) is 8.87. The van der Waals surface area contributed by atoms with Crippen molar-refractivity contribution in [3.63, 3.8) is 0 Å². The molecule has 1 heterocycles. The molecule has 5 aliphatic carbocycles. The number of hydrogen-bond acceptors (Lipinski definition) is 2. The molecule has 7 atom stereocenters. The van der Waals surface area contributed by atoms with Gasteiger partial charge in [0.1, 0.15) is 5.78 Å². The highest BCUT2D eigenvalue weighted by Gasteiger charge is 2.65. The van der Waals surface area contributed by atoms with Gasteiger partial charge in [-0.3, -0.25) is 9.18 Å². The Morgan fingerprint density at radius 1 is 1.04 bits per heavy atom. The van der Waals surface area contributed by atoms with Crippen molar-refractivity contribution < 1.29 is 9.18 Å². The van der Waals surface area contributed by atoms with E-state index in [1.54, 1.807) is 0 Å². The minimum Gasteiger partial charge on any atom is -0.313 e. The second kappa shape index (κ2) is 5.90. The quantitative estimate of drug-likeness (QED) is 0.792. The summed E-state index contributed by atoms with van der Waals surface area (Å²) in [4.78, 5) is 13.8. The smallest absolute Gasteiger partial charge is 0.139 e. The predicted molar refractivity (Wildman–Crippen MR) is 108 cm³/mol. The molecule has 7 rings (SSSR count). The first-order valence-corrected chi connectivity index (χ1v) is 11.4. The summed E-state index contributed by atoms with van der Waals surface area (Å²) in [6.45, 7) is 0.896. The Balaban J connectivity index is 1.34. The van der Waals surface area contributed by atoms with E-state index in [1.165, 1.54) is 18.4 Å². The SMILES string of the molecule is O=C(CC1CC2CNC1C2)C12CC3C[C@](CF)(C1)C[C@@](c1ccccc1)(C3)C2. The molecular formula is C25H32FNO. The average molecular weight is 382 g/mol. The lowest BCUT2D eigenvalue weighted by Crippen LogP contribution is -2.61. The Bertz CT molecular complexity index is 795. The fourth-order valence-electron chi connectivity index (χ4n) is 8.87. The highest BCUT2D eigenvalue weighted by molar-refractivity contribution is 5.86. The lowest BCUT2D eigenvalue weighted by Gasteiger charge is -2.66. The van der Waals surface area contributed by atoms with E-state index in [2.05, 4.69) is 35.6 Å². The Morgan fingerprint density at radius 3 is 2.61 bits per heavy atom. The number of fused-ring (bicyclic) bond motifs is 2. The van der Waals surface area contributed by atoms with Crippen LogP contribution in [0.2, 0.25) is 0 Å². The van der Waals surface area contributed by atoms with Gasteiger partial charge in [0.25, 0.3) is 0 Å². The lowest BCUT2D eigenvalue weighted by atomic mass is 9.38. The number of rotatable bonds is 5. The molecule has 1 saturated heterocycles. The molecule has 6 fully saturated rings. The van der Waals surface area contributed by atoms with Gasteiger partial charge < -0.3 is 5.32 Å². The topological polar surface area (TPSA) is 29.1 Å². The molecule has 1 aliphatic heterocycles. The average Bonchev–Trinajstić information content (AvgIpc) is 3.31. The van der Waals surface area contributed by atoms with Crippen molar-refractivity contribution in [3.05, 3.63) is 35.9 Å². The molecular weight excluding hydrogens is 349 g/mol. The van der Waals surface area contributed by atoms with Crippen molar-refractivity contribution in [1.29, 1.82) is 0 Å². The summed E-state index contributed by atoms with van der Waals surface area (Å²) in [5, 5.41) is 3.63. The number of benzene rings is 1. The number of halogens is 1. The van der Waals surface area contributed by atoms with Gasteiger partial charge in [-0.2, -0.15) is 0 Å². The number of Topliss-reactive ketones (excluding diaryl/α,β-unsaturated/α-hetero) is 1. The highest BCUT2D eigenvalue weighted by Crippen LogP contribution is 2.70. The van der Waals surface area contributed by atoms with Crippen LogP contribution in [0.3, 0.4) is 0 Å². The number of carbonyl (C=O) groups is 1. The molecule has 6 bridgehead atoms. The second-order valence-corrected chi connectivity index (χ2v) is 11.3. The summed E-state index contributed by atoms with van der Waals surface area (Å²) < 4.78 is 14.5. The molecule has 0 amide bonds. The van der Waals surface area contributed by atoms with Crippen molar-refractivity contribution in [2.45, 2.75) is 69.2 Å². The van der Waals surface area contributed by atoms with E-state index in [1.807, 2.05) is 0 Å². The van der Waals surface area contributed by atoms with Crippen molar-refractivity contribution in [3.8, 4) is 0 Å². The van der Waals surface area contributed by atoms with E-state index in [9.17, 15) is 9.18 Å². The maximum atomic E-state index is 14.5. The van der Waals surface area contributed by atoms with Crippen molar-refractivity contribution in [2.75, 3.05) is 13.2 Å². The summed E-state index contributed by atoms with van der Waals surface area (Å²) in [7, 11) is 0. The van der Waals surface area contributed by atoms with E-state index in [0.29, 0.717) is 23.7 Å². The molecule has 28 heavy (non-hydrogen) atoms. The summed E-state index contributed by atoms with van der Waals surface area (Å²) in [5.41, 5.74) is 0.867. The molecule has 1 aromatic carbocycles. The first-order valence-electron chi connectivity index (χ1n) is 11.4. The number of hydrogen-bond donors (Lipinski definition) is 1. The van der Waals surface area contributed by atoms with E-state index in [4.69, 9.17) is 0 Å². The van der Waals surface area contributed by atoms with Gasteiger partial charge in [0.05, 0.1) is 6.67 Å². The van der Waals surface area contributed by atoms with Crippen LogP contribution in [0.15, 0.2) is 30.3 Å². The van der Waals surface area contributed by atoms with Gasteiger partial charge in [0.2, 0.25) is 0 Å². The zero-order chi connectivity index (χ0) is 19.0. The minimum absolute atomic E-state index is 0.0232. The number of nitrogens with one attached hydrogen (secondary N) is 1. The largest absolute Gasteiger partial charge is 0.313 e. The van der Waals surface area contributed by atoms with Crippen LogP contribution in [0.5, 0.6) is 0 Å². The van der Waals surface area contributed by atoms with Gasteiger partial charge in [-0.25, -0.2) is 0 Å². The summed E-state index contributed by atoms with van der Waals surface area (Å²) in [5.74, 6) is 2.31. The minimum atomic E-state index is -0.261. The van der Waals surface area contributed by atoms with Crippen molar-refractivity contribution in [1.82, 2.24) is 5.32 Å². The van der Waals surface area contributed by atoms with Crippen molar-refractivity contribution >= 4 is 5.78 Å². The molecule has 1 aromatic rings. The lowest BCUT2D eigenvalue weighted by molar-refractivity contribution is -0.164. The van der Waals surface area contributed by atoms with E-state index in [0.717, 1.165) is 57.4 Å². The van der Waals surface area contributed by atoms with Crippen LogP contribution in [0.4, 0.5) is 4.39 Å². The molecule has 0 radical (unpaired) electrons. The van der Waals surface area contributed by atoms with E-state index < -0.39 is 0 Å². The van der Waals surface area contributed by atoms with Crippen molar-refractivity contribution in [2.24, 2.45) is 28.6 Å². The van der Waals surface area contributed by atoms with Gasteiger partial charge in [0, 0.05) is 23.3 Å². The van der Waals surface area contributed by atoms with Crippen LogP contribution in [0.1, 0.15) is 63.4 Å². The summed E-state index contributed by atoms with van der Waals surface area (Å²) in [6, 6.07) is 11.3. The molecule has 3 heteroatoms. The summed E-state index contributed by atoms with van der Waals surface area (Å²) in [6.07, 6.45) is 9.12. The Morgan fingerprint density at radius 2 is 1.89 bits per heavy atom. The first kappa shape index (κ1) is 17.6. The Labute approximate surface area is 167 Å². The summed E-state index contributed by atoms with van der Waals surface area (Å²) >= 11 is 0. The third-order valence-corrected chi connectivity index (χ3v) is 9.35. The van der Waals surface area contributed by atoms with Crippen LogP contribution >= 0.6 is 0 Å². The maximum absolute atomic E-state index is 14.5. The molecule has 5 unspecified atom stereocenters. The number of alkyl halides is 1. The van der Waals surface area contributed by atoms with E-state index >= 15 is 0 Å². The normalized spacial score (nSPS) is 48.3. The number of carbonyl (C=O) groups excluding carboxylic acids is 1. The predicted octanol–water partition coefficient (Wildman–Crippen LogP) is 4.82. The van der Waals surface area contributed by atoms with Crippen LogP contribution in [0, 0.1) is 28.6 Å². The third-order valence-electron chi connectivity index (χ3n) is 9.35. The molecule has 2 nitrogen and oxygen atoms in total. The highest BCUT2D eigenvalue weighted by atomic mass is 19.1. The maximum Gasteiger partial charge on any atom is 0.139 e. The van der Waals surface area contributed by atoms with Crippen LogP contribution in [-0.2, 0) is 10.2 Å². The van der Waals surface area contributed by atoms with Crippen LogP contribution in [-0.4, -0.2) is 25.0 Å². The standard InChI is InChI=1S/C25H32FNO/c26-16-23-9-18-10-24(13-23,20-4-2-1-3-5-20)15-25(11-18,14-23)22(28)8-19-6-17-7-21(19)27-12-17/h1-5,17-19,21,27H,6-16H2/t17?,18?,19?,21?,23-,24+,25?/m1/s1. The third kappa shape index (κ3) is 2.44.